The Morgan fingerprint density at radius 3 is 2.59 bits per heavy atom. The molecule has 1 aliphatic carbocycles. The number of hydrogen-bond donors (Lipinski definition) is 2. The molecule has 0 spiro atoms. The van der Waals surface area contributed by atoms with E-state index in [0.29, 0.717) is 13.0 Å². The van der Waals surface area contributed by atoms with Crippen LogP contribution in [0.3, 0.4) is 0 Å². The minimum atomic E-state index is -0.561. The monoisotopic (exact) mass is 238 g/mol. The van der Waals surface area contributed by atoms with Gasteiger partial charge in [-0.2, -0.15) is 5.26 Å². The molecule has 2 N–H and O–H groups in total. The molecule has 96 valence electrons. The van der Waals surface area contributed by atoms with Crippen LogP contribution < -0.4 is 5.32 Å². The van der Waals surface area contributed by atoms with Crippen molar-refractivity contribution in [1.29, 1.82) is 5.26 Å². The fraction of sp³-hybridized carbons (Fsp3) is 0.846. The van der Waals surface area contributed by atoms with Gasteiger partial charge in [0, 0.05) is 12.0 Å². The van der Waals surface area contributed by atoms with Crippen molar-refractivity contribution >= 4 is 5.91 Å². The molecular weight excluding hydrogens is 216 g/mol. The lowest BCUT2D eigenvalue weighted by atomic mass is 9.74. The van der Waals surface area contributed by atoms with E-state index < -0.39 is 5.92 Å². The standard InChI is InChI=1S/C13H22N2O2/c1-2-11(8-14)12(17)15-9-13(10-16)6-4-3-5-7-13/h11,16H,2-7,9-10H2,1H3,(H,15,17). The molecule has 0 radical (unpaired) electrons. The van der Waals surface area contributed by atoms with Crippen LogP contribution in [0.2, 0.25) is 0 Å². The highest BCUT2D eigenvalue weighted by atomic mass is 16.3. The molecule has 1 fully saturated rings. The first-order valence-electron chi connectivity index (χ1n) is 6.45. The van der Waals surface area contributed by atoms with Crippen molar-refractivity contribution in [2.24, 2.45) is 11.3 Å². The Kier molecular flexibility index (Phi) is 5.43. The molecule has 0 aromatic heterocycles. The molecular formula is C13H22N2O2. The smallest absolute Gasteiger partial charge is 0.237 e. The minimum absolute atomic E-state index is 0.122. The molecule has 0 heterocycles. The van der Waals surface area contributed by atoms with E-state index in [-0.39, 0.29) is 17.9 Å². The number of nitriles is 1. The van der Waals surface area contributed by atoms with Gasteiger partial charge in [-0.25, -0.2) is 0 Å². The highest BCUT2D eigenvalue weighted by Crippen LogP contribution is 2.35. The Bertz CT molecular complexity index is 290. The molecule has 0 aromatic carbocycles. The van der Waals surface area contributed by atoms with Crippen LogP contribution in [0.5, 0.6) is 0 Å². The molecule has 1 rings (SSSR count). The second kappa shape index (κ2) is 6.61. The van der Waals surface area contributed by atoms with Crippen LogP contribution in [-0.2, 0) is 4.79 Å². The summed E-state index contributed by atoms with van der Waals surface area (Å²) in [6.45, 7) is 2.45. The lowest BCUT2D eigenvalue weighted by Gasteiger charge is -2.35. The van der Waals surface area contributed by atoms with Gasteiger partial charge < -0.3 is 10.4 Å². The molecule has 4 heteroatoms. The average Bonchev–Trinajstić information content (AvgIpc) is 2.39. The number of nitrogens with zero attached hydrogens (tertiary/aromatic N) is 1. The summed E-state index contributed by atoms with van der Waals surface area (Å²) in [7, 11) is 0. The largest absolute Gasteiger partial charge is 0.396 e. The number of rotatable bonds is 5. The molecule has 1 atom stereocenters. The summed E-state index contributed by atoms with van der Waals surface area (Å²) in [6.07, 6.45) is 5.91. The van der Waals surface area contributed by atoms with Crippen LogP contribution in [0.15, 0.2) is 0 Å². The highest BCUT2D eigenvalue weighted by Gasteiger charge is 2.32. The highest BCUT2D eigenvalue weighted by molar-refractivity contribution is 5.80. The maximum Gasteiger partial charge on any atom is 0.237 e. The van der Waals surface area contributed by atoms with E-state index in [9.17, 15) is 9.90 Å². The van der Waals surface area contributed by atoms with Gasteiger partial charge in [0.05, 0.1) is 12.7 Å². The van der Waals surface area contributed by atoms with Crippen molar-refractivity contribution in [3.8, 4) is 6.07 Å². The van der Waals surface area contributed by atoms with Crippen molar-refractivity contribution < 1.29 is 9.90 Å². The van der Waals surface area contributed by atoms with E-state index in [1.54, 1.807) is 0 Å². The maximum atomic E-state index is 11.7. The van der Waals surface area contributed by atoms with Crippen molar-refractivity contribution in [2.45, 2.75) is 45.4 Å². The number of aliphatic hydroxyl groups excluding tert-OH is 1. The maximum absolute atomic E-state index is 11.7. The zero-order valence-corrected chi connectivity index (χ0v) is 10.5. The Morgan fingerprint density at radius 1 is 1.47 bits per heavy atom. The summed E-state index contributed by atoms with van der Waals surface area (Å²) in [5.41, 5.74) is -0.151. The molecule has 0 saturated heterocycles. The van der Waals surface area contributed by atoms with Gasteiger partial charge >= 0.3 is 0 Å². The van der Waals surface area contributed by atoms with Crippen LogP contribution in [0.4, 0.5) is 0 Å². The Hall–Kier alpha value is -1.08. The second-order valence-corrected chi connectivity index (χ2v) is 5.03. The van der Waals surface area contributed by atoms with Gasteiger partial charge in [-0.3, -0.25) is 4.79 Å². The topological polar surface area (TPSA) is 73.1 Å². The molecule has 1 aliphatic rings. The number of amides is 1. The van der Waals surface area contributed by atoms with Crippen LogP contribution in [0.25, 0.3) is 0 Å². The van der Waals surface area contributed by atoms with Gasteiger partial charge in [0.2, 0.25) is 5.91 Å². The van der Waals surface area contributed by atoms with Gasteiger partial charge in [0.15, 0.2) is 0 Å². The van der Waals surface area contributed by atoms with Gasteiger partial charge in [-0.1, -0.05) is 26.2 Å². The predicted octanol–water partition coefficient (Wildman–Crippen LogP) is 1.60. The Morgan fingerprint density at radius 2 is 2.12 bits per heavy atom. The average molecular weight is 238 g/mol. The zero-order valence-electron chi connectivity index (χ0n) is 10.5. The van der Waals surface area contributed by atoms with Gasteiger partial charge in [-0.05, 0) is 19.3 Å². The SMILES string of the molecule is CCC(C#N)C(=O)NCC1(CO)CCCCC1. The van der Waals surface area contributed by atoms with Crippen LogP contribution in [-0.4, -0.2) is 24.2 Å². The first kappa shape index (κ1) is 14.0. The van der Waals surface area contributed by atoms with Crippen molar-refractivity contribution in [3.63, 3.8) is 0 Å². The Labute approximate surface area is 103 Å². The molecule has 1 unspecified atom stereocenters. The first-order valence-corrected chi connectivity index (χ1v) is 6.45. The quantitative estimate of drug-likeness (QED) is 0.764. The van der Waals surface area contributed by atoms with Gasteiger partial charge in [0.25, 0.3) is 0 Å². The lowest BCUT2D eigenvalue weighted by Crippen LogP contribution is -2.43. The first-order chi connectivity index (χ1) is 8.17. The third-order valence-corrected chi connectivity index (χ3v) is 3.77. The van der Waals surface area contributed by atoms with Crippen molar-refractivity contribution in [1.82, 2.24) is 5.32 Å². The van der Waals surface area contributed by atoms with Crippen LogP contribution in [0.1, 0.15) is 45.4 Å². The van der Waals surface area contributed by atoms with E-state index >= 15 is 0 Å². The normalized spacial score (nSPS) is 20.3. The van der Waals surface area contributed by atoms with Crippen molar-refractivity contribution in [2.75, 3.05) is 13.2 Å². The van der Waals surface area contributed by atoms with E-state index in [0.717, 1.165) is 25.7 Å². The fourth-order valence-electron chi connectivity index (χ4n) is 2.43. The number of carbonyl (C=O) groups excluding carboxylic acids is 1. The molecule has 4 nitrogen and oxygen atoms in total. The summed E-state index contributed by atoms with van der Waals surface area (Å²) < 4.78 is 0. The van der Waals surface area contributed by atoms with Crippen LogP contribution >= 0.6 is 0 Å². The molecule has 1 saturated carbocycles. The Balaban J connectivity index is 2.47. The number of hydrogen-bond acceptors (Lipinski definition) is 3. The molecule has 17 heavy (non-hydrogen) atoms. The summed E-state index contributed by atoms with van der Waals surface area (Å²) in [5.74, 6) is -0.761. The summed E-state index contributed by atoms with van der Waals surface area (Å²) >= 11 is 0. The van der Waals surface area contributed by atoms with Crippen LogP contribution in [0, 0.1) is 22.7 Å². The van der Waals surface area contributed by atoms with Gasteiger partial charge in [0.1, 0.15) is 5.92 Å². The number of carbonyl (C=O) groups is 1. The molecule has 0 bridgehead atoms. The van der Waals surface area contributed by atoms with Gasteiger partial charge in [-0.15, -0.1) is 0 Å². The minimum Gasteiger partial charge on any atom is -0.396 e. The van der Waals surface area contributed by atoms with E-state index in [2.05, 4.69) is 5.32 Å². The zero-order chi connectivity index (χ0) is 12.7. The number of nitrogens with one attached hydrogen (secondary N) is 1. The number of aliphatic hydroxyl groups is 1. The fourth-order valence-corrected chi connectivity index (χ4v) is 2.43. The predicted molar refractivity (Wildman–Crippen MR) is 65.0 cm³/mol. The summed E-state index contributed by atoms with van der Waals surface area (Å²) in [4.78, 5) is 11.7. The lowest BCUT2D eigenvalue weighted by molar-refractivity contribution is -0.124. The van der Waals surface area contributed by atoms with E-state index in [4.69, 9.17) is 5.26 Å². The van der Waals surface area contributed by atoms with E-state index in [1.165, 1.54) is 6.42 Å². The third kappa shape index (κ3) is 3.71. The molecule has 0 aliphatic heterocycles. The third-order valence-electron chi connectivity index (χ3n) is 3.77. The van der Waals surface area contributed by atoms with Crippen molar-refractivity contribution in [3.05, 3.63) is 0 Å². The summed E-state index contributed by atoms with van der Waals surface area (Å²) in [5, 5.41) is 21.1. The van der Waals surface area contributed by atoms with E-state index in [1.807, 2.05) is 13.0 Å². The second-order valence-electron chi connectivity index (χ2n) is 5.03. The molecule has 0 aromatic rings. The summed E-state index contributed by atoms with van der Waals surface area (Å²) in [6, 6.07) is 2.00. The molecule has 1 amide bonds.